The second-order valence-electron chi connectivity index (χ2n) is 5.50. The maximum absolute atomic E-state index is 13.0. The predicted octanol–water partition coefficient (Wildman–Crippen LogP) is 3.61. The summed E-state index contributed by atoms with van der Waals surface area (Å²) in [6.07, 6.45) is 2.87. The predicted molar refractivity (Wildman–Crippen MR) is 96.5 cm³/mol. The number of benzene rings is 1. The number of halogens is 1. The summed E-state index contributed by atoms with van der Waals surface area (Å²) >= 11 is 1.34. The van der Waals surface area contributed by atoms with E-state index < -0.39 is 0 Å². The lowest BCUT2D eigenvalue weighted by Gasteiger charge is -2.03. The van der Waals surface area contributed by atoms with Crippen LogP contribution in [0.4, 0.5) is 9.52 Å². The molecule has 0 aliphatic carbocycles. The summed E-state index contributed by atoms with van der Waals surface area (Å²) in [5.41, 5.74) is 1.90. The third-order valence-corrected chi connectivity index (χ3v) is 4.47. The molecule has 0 aliphatic rings. The summed E-state index contributed by atoms with van der Waals surface area (Å²) in [4.78, 5) is 29.1. The Balaban J connectivity index is 1.54. The number of aryl methyl sites for hydroxylation is 1. The minimum absolute atomic E-state index is 0.119. The van der Waals surface area contributed by atoms with Crippen LogP contribution in [0.25, 0.3) is 11.3 Å². The summed E-state index contributed by atoms with van der Waals surface area (Å²) in [6, 6.07) is 7.58. The highest BCUT2D eigenvalue weighted by molar-refractivity contribution is 7.16. The van der Waals surface area contributed by atoms with Crippen molar-refractivity contribution in [1.82, 2.24) is 10.3 Å². The Kier molecular flexibility index (Phi) is 5.43. The van der Waals surface area contributed by atoms with E-state index in [1.165, 1.54) is 36.0 Å². The molecule has 0 radical (unpaired) electrons. The standard InChI is InChI=1S/C18H16FN3O3S/c1-11-16(12-2-4-14(19)5-3-12)22-18(26-11)21-15(23)6-8-20-17(24)13-7-9-25-10-13/h2-5,7,9-10H,6,8H2,1H3,(H,20,24)(H,21,22,23). The van der Waals surface area contributed by atoms with Crippen LogP contribution < -0.4 is 10.6 Å². The molecule has 0 saturated carbocycles. The molecule has 134 valence electrons. The Hall–Kier alpha value is -3.00. The first-order valence-electron chi connectivity index (χ1n) is 7.86. The van der Waals surface area contributed by atoms with Crippen LogP contribution in [0.5, 0.6) is 0 Å². The molecule has 2 aromatic heterocycles. The van der Waals surface area contributed by atoms with Crippen molar-refractivity contribution in [3.8, 4) is 11.3 Å². The van der Waals surface area contributed by atoms with Gasteiger partial charge in [0, 0.05) is 23.4 Å². The lowest BCUT2D eigenvalue weighted by Crippen LogP contribution is -2.27. The molecule has 6 nitrogen and oxygen atoms in total. The highest BCUT2D eigenvalue weighted by atomic mass is 32.1. The molecule has 3 rings (SSSR count). The summed E-state index contributed by atoms with van der Waals surface area (Å²) in [5, 5.41) is 5.82. The van der Waals surface area contributed by atoms with Crippen LogP contribution >= 0.6 is 11.3 Å². The lowest BCUT2D eigenvalue weighted by atomic mass is 10.1. The number of nitrogens with zero attached hydrogens (tertiary/aromatic N) is 1. The molecular weight excluding hydrogens is 357 g/mol. The van der Waals surface area contributed by atoms with Gasteiger partial charge in [-0.2, -0.15) is 0 Å². The highest BCUT2D eigenvalue weighted by Crippen LogP contribution is 2.30. The van der Waals surface area contributed by atoms with Gasteiger partial charge in [0.25, 0.3) is 5.91 Å². The Morgan fingerprint density at radius 3 is 2.69 bits per heavy atom. The van der Waals surface area contributed by atoms with Gasteiger partial charge in [-0.15, -0.1) is 11.3 Å². The van der Waals surface area contributed by atoms with E-state index >= 15 is 0 Å². The van der Waals surface area contributed by atoms with Crippen molar-refractivity contribution in [3.63, 3.8) is 0 Å². The van der Waals surface area contributed by atoms with E-state index in [1.54, 1.807) is 18.2 Å². The van der Waals surface area contributed by atoms with Crippen molar-refractivity contribution in [2.24, 2.45) is 0 Å². The zero-order valence-electron chi connectivity index (χ0n) is 13.9. The number of rotatable bonds is 6. The minimum Gasteiger partial charge on any atom is -0.472 e. The summed E-state index contributed by atoms with van der Waals surface area (Å²) in [5.74, 6) is -0.861. The number of nitrogens with one attached hydrogen (secondary N) is 2. The van der Waals surface area contributed by atoms with Crippen LogP contribution in [0.1, 0.15) is 21.7 Å². The maximum Gasteiger partial charge on any atom is 0.254 e. The van der Waals surface area contributed by atoms with Gasteiger partial charge in [-0.1, -0.05) is 0 Å². The highest BCUT2D eigenvalue weighted by Gasteiger charge is 2.13. The van der Waals surface area contributed by atoms with E-state index in [-0.39, 0.29) is 30.6 Å². The van der Waals surface area contributed by atoms with Crippen molar-refractivity contribution in [3.05, 3.63) is 59.1 Å². The molecule has 26 heavy (non-hydrogen) atoms. The first-order chi connectivity index (χ1) is 12.5. The molecule has 0 fully saturated rings. The Labute approximate surface area is 153 Å². The van der Waals surface area contributed by atoms with Crippen LogP contribution in [0.2, 0.25) is 0 Å². The van der Waals surface area contributed by atoms with Crippen LogP contribution in [0.15, 0.2) is 47.3 Å². The average molecular weight is 373 g/mol. The largest absolute Gasteiger partial charge is 0.472 e. The quantitative estimate of drug-likeness (QED) is 0.691. The molecule has 0 unspecified atom stereocenters. The van der Waals surface area contributed by atoms with Gasteiger partial charge in [-0.25, -0.2) is 9.37 Å². The van der Waals surface area contributed by atoms with Gasteiger partial charge in [-0.05, 0) is 37.3 Å². The number of hydrogen-bond acceptors (Lipinski definition) is 5. The number of furan rings is 1. The van der Waals surface area contributed by atoms with Gasteiger partial charge in [0.1, 0.15) is 12.1 Å². The van der Waals surface area contributed by atoms with Gasteiger partial charge >= 0.3 is 0 Å². The SMILES string of the molecule is Cc1sc(NC(=O)CCNC(=O)c2ccoc2)nc1-c1ccc(F)cc1. The number of hydrogen-bond donors (Lipinski definition) is 2. The smallest absolute Gasteiger partial charge is 0.254 e. The monoisotopic (exact) mass is 373 g/mol. The normalized spacial score (nSPS) is 10.5. The molecule has 0 atom stereocenters. The first kappa shape index (κ1) is 17.8. The molecule has 0 spiro atoms. The van der Waals surface area contributed by atoms with Crippen LogP contribution in [0, 0.1) is 12.7 Å². The molecule has 1 aromatic carbocycles. The molecule has 2 N–H and O–H groups in total. The third kappa shape index (κ3) is 4.34. The molecule has 2 amide bonds. The van der Waals surface area contributed by atoms with Crippen LogP contribution in [-0.4, -0.2) is 23.3 Å². The number of anilines is 1. The molecular formula is C18H16FN3O3S. The topological polar surface area (TPSA) is 84.2 Å². The molecule has 0 aliphatic heterocycles. The van der Waals surface area contributed by atoms with Gasteiger partial charge < -0.3 is 15.1 Å². The fourth-order valence-electron chi connectivity index (χ4n) is 2.29. The van der Waals surface area contributed by atoms with E-state index in [2.05, 4.69) is 15.6 Å². The third-order valence-electron chi connectivity index (χ3n) is 3.58. The lowest BCUT2D eigenvalue weighted by molar-refractivity contribution is -0.116. The first-order valence-corrected chi connectivity index (χ1v) is 8.68. The van der Waals surface area contributed by atoms with Gasteiger partial charge in [0.2, 0.25) is 5.91 Å². The van der Waals surface area contributed by atoms with Crippen LogP contribution in [0.3, 0.4) is 0 Å². The molecule has 8 heteroatoms. The number of aromatic nitrogens is 1. The molecule has 0 bridgehead atoms. The van der Waals surface area contributed by atoms with E-state index in [0.29, 0.717) is 16.4 Å². The second-order valence-corrected chi connectivity index (χ2v) is 6.70. The van der Waals surface area contributed by atoms with E-state index in [1.807, 2.05) is 6.92 Å². The number of amides is 2. The summed E-state index contributed by atoms with van der Waals surface area (Å²) in [7, 11) is 0. The van der Waals surface area contributed by atoms with Gasteiger partial charge in [0.15, 0.2) is 5.13 Å². The number of carbonyl (C=O) groups is 2. The van der Waals surface area contributed by atoms with Crippen molar-refractivity contribution in [2.45, 2.75) is 13.3 Å². The molecule has 0 saturated heterocycles. The van der Waals surface area contributed by atoms with Crippen molar-refractivity contribution >= 4 is 28.3 Å². The molecule has 3 aromatic rings. The zero-order valence-corrected chi connectivity index (χ0v) is 14.7. The summed E-state index contributed by atoms with van der Waals surface area (Å²) in [6.45, 7) is 2.09. The van der Waals surface area contributed by atoms with Crippen molar-refractivity contribution in [1.29, 1.82) is 0 Å². The zero-order chi connectivity index (χ0) is 18.5. The molecule has 2 heterocycles. The fourth-order valence-corrected chi connectivity index (χ4v) is 3.14. The Morgan fingerprint density at radius 2 is 2.00 bits per heavy atom. The average Bonchev–Trinajstić information content (AvgIpc) is 3.25. The van der Waals surface area contributed by atoms with Gasteiger partial charge in [-0.3, -0.25) is 9.59 Å². The van der Waals surface area contributed by atoms with Gasteiger partial charge in [0.05, 0.1) is 17.5 Å². The Bertz CT molecular complexity index is 904. The van der Waals surface area contributed by atoms with Crippen molar-refractivity contribution in [2.75, 3.05) is 11.9 Å². The van der Waals surface area contributed by atoms with E-state index in [9.17, 15) is 14.0 Å². The second kappa shape index (κ2) is 7.92. The van der Waals surface area contributed by atoms with Crippen LogP contribution in [-0.2, 0) is 4.79 Å². The summed E-state index contributed by atoms with van der Waals surface area (Å²) < 4.78 is 17.9. The Morgan fingerprint density at radius 1 is 1.23 bits per heavy atom. The maximum atomic E-state index is 13.0. The fraction of sp³-hybridized carbons (Fsp3) is 0.167. The minimum atomic E-state index is -0.312. The van der Waals surface area contributed by atoms with Crippen molar-refractivity contribution < 1.29 is 18.4 Å². The van der Waals surface area contributed by atoms with E-state index in [4.69, 9.17) is 4.42 Å². The number of thiazole rings is 1. The van der Waals surface area contributed by atoms with E-state index in [0.717, 1.165) is 10.4 Å². The number of carbonyl (C=O) groups excluding carboxylic acids is 2.